The molecule has 1 aromatic heterocycles. The lowest BCUT2D eigenvalue weighted by Crippen LogP contribution is -2.35. The molecule has 2 aromatic carbocycles. The number of halogens is 6. The summed E-state index contributed by atoms with van der Waals surface area (Å²) in [5.74, 6) is -1.27. The maximum absolute atomic E-state index is 13.0. The number of piperidine rings is 1. The molecule has 1 saturated heterocycles. The predicted octanol–water partition coefficient (Wildman–Crippen LogP) is 7.67. The van der Waals surface area contributed by atoms with E-state index in [2.05, 4.69) is 9.88 Å². The number of aliphatic carboxylic acids is 2. The highest BCUT2D eigenvalue weighted by atomic mass is 19.4. The number of nitrogens with zero attached hydrogens (tertiary/aromatic N) is 2. The lowest BCUT2D eigenvalue weighted by Gasteiger charge is -2.35. The summed E-state index contributed by atoms with van der Waals surface area (Å²) in [6.45, 7) is 2.10. The lowest BCUT2D eigenvalue weighted by atomic mass is 9.91. The summed E-state index contributed by atoms with van der Waals surface area (Å²) in [4.78, 5) is 26.1. The van der Waals surface area contributed by atoms with Crippen LogP contribution in [0.1, 0.15) is 49.3 Å². The van der Waals surface area contributed by atoms with E-state index in [1.54, 1.807) is 13.2 Å². The predicted molar refractivity (Wildman–Crippen MR) is 160 cm³/mol. The number of rotatable bonds is 10. The van der Waals surface area contributed by atoms with Crippen LogP contribution in [0.15, 0.2) is 60.8 Å². The Balaban J connectivity index is 0.000000644. The smallest absolute Gasteiger partial charge is 0.490 e. The first-order chi connectivity index (χ1) is 22.2. The molecular weight excluding hydrogens is 634 g/mol. The summed E-state index contributed by atoms with van der Waals surface area (Å²) in [5, 5.41) is 16.5. The Bertz CT molecular complexity index is 1520. The second kappa shape index (κ2) is 14.9. The van der Waals surface area contributed by atoms with Gasteiger partial charge in [-0.15, -0.1) is 0 Å². The number of carboxylic acid groups (broad SMARTS) is 2. The topological polar surface area (TPSA) is 109 Å². The van der Waals surface area contributed by atoms with Crippen LogP contribution in [0.5, 0.6) is 11.5 Å². The number of methoxy groups -OCH3 is 1. The molecule has 2 N–H and O–H groups in total. The van der Waals surface area contributed by atoms with E-state index in [1.165, 1.54) is 12.3 Å². The van der Waals surface area contributed by atoms with Crippen LogP contribution >= 0.6 is 0 Å². The van der Waals surface area contributed by atoms with E-state index in [9.17, 15) is 36.2 Å². The molecule has 254 valence electrons. The van der Waals surface area contributed by atoms with Gasteiger partial charge in [-0.05, 0) is 79.3 Å². The van der Waals surface area contributed by atoms with Crippen molar-refractivity contribution in [2.24, 2.45) is 11.8 Å². The van der Waals surface area contributed by atoms with Gasteiger partial charge in [-0.1, -0.05) is 18.2 Å². The summed E-state index contributed by atoms with van der Waals surface area (Å²) >= 11 is 0. The number of benzene rings is 2. The Labute approximate surface area is 266 Å². The van der Waals surface area contributed by atoms with Crippen LogP contribution in [-0.4, -0.2) is 60.1 Å². The third-order valence-electron chi connectivity index (χ3n) is 8.13. The zero-order valence-corrected chi connectivity index (χ0v) is 25.4. The van der Waals surface area contributed by atoms with E-state index in [0.29, 0.717) is 29.8 Å². The number of alkyl halides is 6. The normalized spacial score (nSPS) is 16.1. The van der Waals surface area contributed by atoms with Crippen molar-refractivity contribution in [1.29, 1.82) is 0 Å². The van der Waals surface area contributed by atoms with Gasteiger partial charge in [0.05, 0.1) is 20.1 Å². The fraction of sp³-hybridized carbons (Fsp3) is 0.424. The molecule has 0 spiro atoms. The third-order valence-corrected chi connectivity index (χ3v) is 8.13. The summed E-state index contributed by atoms with van der Waals surface area (Å²) in [6.07, 6.45) is -4.22. The molecule has 0 bridgehead atoms. The Morgan fingerprint density at radius 1 is 0.936 bits per heavy atom. The molecule has 1 unspecified atom stereocenters. The molecular formula is C33H34F6N2O6. The minimum atomic E-state index is -5.08. The fourth-order valence-corrected chi connectivity index (χ4v) is 5.50. The first-order valence-corrected chi connectivity index (χ1v) is 14.9. The molecule has 0 amide bonds. The van der Waals surface area contributed by atoms with Gasteiger partial charge in [-0.3, -0.25) is 9.78 Å². The van der Waals surface area contributed by atoms with Crippen molar-refractivity contribution in [2.75, 3.05) is 31.7 Å². The van der Waals surface area contributed by atoms with Crippen molar-refractivity contribution in [3.8, 4) is 22.6 Å². The fourth-order valence-electron chi connectivity index (χ4n) is 5.50. The van der Waals surface area contributed by atoms with Gasteiger partial charge in [0.25, 0.3) is 0 Å². The average Bonchev–Trinajstić information content (AvgIpc) is 3.88. The van der Waals surface area contributed by atoms with E-state index in [-0.39, 0.29) is 12.3 Å². The van der Waals surface area contributed by atoms with Gasteiger partial charge >= 0.3 is 24.3 Å². The molecule has 2 heterocycles. The Kier molecular flexibility index (Phi) is 11.2. The molecule has 1 saturated carbocycles. The quantitative estimate of drug-likeness (QED) is 0.212. The van der Waals surface area contributed by atoms with Gasteiger partial charge in [0.15, 0.2) is 0 Å². The van der Waals surface area contributed by atoms with Crippen LogP contribution < -0.4 is 14.4 Å². The number of carbonyl (C=O) groups is 2. The van der Waals surface area contributed by atoms with Crippen LogP contribution in [0.2, 0.25) is 0 Å². The molecule has 47 heavy (non-hydrogen) atoms. The zero-order chi connectivity index (χ0) is 34.4. The summed E-state index contributed by atoms with van der Waals surface area (Å²) in [6, 6.07) is 15.9. The van der Waals surface area contributed by atoms with Crippen LogP contribution in [0.4, 0.5) is 32.0 Å². The summed E-state index contributed by atoms with van der Waals surface area (Å²) in [5.41, 5.74) is 2.43. The molecule has 2 fully saturated rings. The highest BCUT2D eigenvalue weighted by molar-refractivity contribution is 5.79. The van der Waals surface area contributed by atoms with Crippen LogP contribution in [0.25, 0.3) is 11.1 Å². The highest BCUT2D eigenvalue weighted by Gasteiger charge is 2.38. The van der Waals surface area contributed by atoms with Gasteiger partial charge in [-0.2, -0.15) is 26.3 Å². The van der Waals surface area contributed by atoms with E-state index >= 15 is 0 Å². The zero-order valence-electron chi connectivity index (χ0n) is 25.4. The SMILES string of the molecule is COc1ccc(-c2ccc(C(F)(F)F)nc2)c(N2CCC(COc3cccc(C(CC(=O)O)C4CC4)c3)CC2)c1.O=C(O)C(F)(F)F. The molecule has 3 aromatic rings. The van der Waals surface area contributed by atoms with Crippen molar-refractivity contribution < 1.29 is 55.6 Å². The van der Waals surface area contributed by atoms with Gasteiger partial charge < -0.3 is 24.6 Å². The molecule has 1 atom stereocenters. The number of hydrogen-bond donors (Lipinski definition) is 2. The number of ether oxygens (including phenoxy) is 2. The molecule has 8 nitrogen and oxygen atoms in total. The maximum Gasteiger partial charge on any atom is 0.490 e. The molecule has 1 aliphatic heterocycles. The van der Waals surface area contributed by atoms with Crippen molar-refractivity contribution in [2.45, 2.75) is 50.4 Å². The van der Waals surface area contributed by atoms with Gasteiger partial charge in [0.1, 0.15) is 17.2 Å². The maximum atomic E-state index is 13.0. The molecule has 14 heteroatoms. The van der Waals surface area contributed by atoms with Crippen LogP contribution in [-0.2, 0) is 15.8 Å². The van der Waals surface area contributed by atoms with Crippen molar-refractivity contribution >= 4 is 17.6 Å². The number of hydrogen-bond acceptors (Lipinski definition) is 6. The van der Waals surface area contributed by atoms with E-state index in [4.69, 9.17) is 19.4 Å². The first kappa shape index (κ1) is 35.4. The molecule has 0 radical (unpaired) electrons. The Hall–Kier alpha value is -4.49. The van der Waals surface area contributed by atoms with Gasteiger partial charge in [0.2, 0.25) is 0 Å². The highest BCUT2D eigenvalue weighted by Crippen LogP contribution is 2.45. The van der Waals surface area contributed by atoms with Crippen LogP contribution in [0, 0.1) is 11.8 Å². The minimum Gasteiger partial charge on any atom is -0.497 e. The van der Waals surface area contributed by atoms with Crippen LogP contribution in [0.3, 0.4) is 0 Å². The van der Waals surface area contributed by atoms with Crippen molar-refractivity contribution in [3.63, 3.8) is 0 Å². The molecule has 5 rings (SSSR count). The standard InChI is InChI=1S/C31H33F3N2O4.C2HF3O2/c1-39-24-8-9-26(23-7-10-29(35-18-23)31(32,33)34)28(16-24)36-13-11-20(12-14-36)19-40-25-4-2-3-22(15-25)27(17-30(37)38)21-5-6-21;3-2(4,5)1(6)7/h2-4,7-10,15-16,18,20-21,27H,5-6,11-14,17,19H2,1H3,(H,37,38);(H,6,7). The van der Waals surface area contributed by atoms with Crippen molar-refractivity contribution in [3.05, 3.63) is 72.1 Å². The monoisotopic (exact) mass is 668 g/mol. The van der Waals surface area contributed by atoms with E-state index < -0.39 is 30.0 Å². The van der Waals surface area contributed by atoms with Gasteiger partial charge in [0, 0.05) is 42.2 Å². The minimum absolute atomic E-state index is 0.0289. The third kappa shape index (κ3) is 10.00. The average molecular weight is 669 g/mol. The van der Waals surface area contributed by atoms with E-state index in [1.807, 2.05) is 36.4 Å². The Morgan fingerprint density at radius 3 is 2.15 bits per heavy atom. The first-order valence-electron chi connectivity index (χ1n) is 14.9. The second-order valence-electron chi connectivity index (χ2n) is 11.5. The van der Waals surface area contributed by atoms with Crippen molar-refractivity contribution in [1.82, 2.24) is 4.98 Å². The van der Waals surface area contributed by atoms with E-state index in [0.717, 1.165) is 67.4 Å². The number of pyridine rings is 1. The largest absolute Gasteiger partial charge is 0.497 e. The molecule has 1 aliphatic carbocycles. The number of anilines is 1. The number of carboxylic acids is 2. The summed E-state index contributed by atoms with van der Waals surface area (Å²) in [7, 11) is 1.59. The second-order valence-corrected chi connectivity index (χ2v) is 11.5. The number of aromatic nitrogens is 1. The molecule has 2 aliphatic rings. The lowest BCUT2D eigenvalue weighted by molar-refractivity contribution is -0.192. The van der Waals surface area contributed by atoms with Gasteiger partial charge in [-0.25, -0.2) is 4.79 Å². The summed E-state index contributed by atoms with van der Waals surface area (Å²) < 4.78 is 82.4. The Morgan fingerprint density at radius 2 is 1.62 bits per heavy atom.